The van der Waals surface area contributed by atoms with Gasteiger partial charge in [-0.3, -0.25) is 0 Å². The molecule has 2 aromatic carbocycles. The highest BCUT2D eigenvalue weighted by Crippen LogP contribution is 2.30. The number of hydrogen-bond acceptors (Lipinski definition) is 4. The number of nitrogens with zero attached hydrogens (tertiary/aromatic N) is 2. The van der Waals surface area contributed by atoms with Crippen molar-refractivity contribution >= 4 is 11.7 Å². The maximum Gasteiger partial charge on any atom is 0.318 e. The fraction of sp³-hybridized carbons (Fsp3) is 0.435. The lowest BCUT2D eigenvalue weighted by Gasteiger charge is -2.29. The molecule has 154 valence electrons. The van der Waals surface area contributed by atoms with Crippen molar-refractivity contribution in [2.24, 2.45) is 0 Å². The second-order valence-corrected chi connectivity index (χ2v) is 7.60. The molecule has 1 saturated carbocycles. The summed E-state index contributed by atoms with van der Waals surface area (Å²) in [6, 6.07) is 16.6. The van der Waals surface area contributed by atoms with Crippen LogP contribution in [0.1, 0.15) is 24.0 Å². The van der Waals surface area contributed by atoms with Crippen LogP contribution in [0.2, 0.25) is 0 Å². The van der Waals surface area contributed by atoms with Crippen LogP contribution in [0.3, 0.4) is 0 Å². The number of hydrogen-bond donors (Lipinski definition) is 1. The van der Waals surface area contributed by atoms with Crippen LogP contribution in [0.15, 0.2) is 48.5 Å². The van der Waals surface area contributed by atoms with Gasteiger partial charge in [0, 0.05) is 36.9 Å². The highest BCUT2D eigenvalue weighted by molar-refractivity contribution is 5.75. The van der Waals surface area contributed by atoms with Crippen molar-refractivity contribution in [1.82, 2.24) is 10.2 Å². The van der Waals surface area contributed by atoms with E-state index in [4.69, 9.17) is 9.47 Å². The Bertz CT molecular complexity index is 814. The second kappa shape index (κ2) is 9.18. The summed E-state index contributed by atoms with van der Waals surface area (Å²) in [6.45, 7) is 4.50. The van der Waals surface area contributed by atoms with Gasteiger partial charge in [-0.05, 0) is 36.6 Å². The third kappa shape index (κ3) is 5.01. The summed E-state index contributed by atoms with van der Waals surface area (Å²) in [4.78, 5) is 17.1. The van der Waals surface area contributed by atoms with Crippen LogP contribution in [0.25, 0.3) is 0 Å². The van der Waals surface area contributed by atoms with E-state index in [0.29, 0.717) is 19.1 Å². The van der Waals surface area contributed by atoms with Gasteiger partial charge < -0.3 is 24.6 Å². The van der Waals surface area contributed by atoms with Crippen LogP contribution in [0, 0.1) is 0 Å². The van der Waals surface area contributed by atoms with Gasteiger partial charge in [-0.2, -0.15) is 0 Å². The zero-order valence-electron chi connectivity index (χ0n) is 17.0. The summed E-state index contributed by atoms with van der Waals surface area (Å²) >= 11 is 0. The van der Waals surface area contributed by atoms with Crippen molar-refractivity contribution in [2.45, 2.75) is 32.0 Å². The van der Waals surface area contributed by atoms with E-state index in [1.165, 1.54) is 5.69 Å². The molecule has 6 heteroatoms. The molecule has 2 aliphatic rings. The van der Waals surface area contributed by atoms with Crippen molar-refractivity contribution in [3.05, 3.63) is 59.7 Å². The van der Waals surface area contributed by atoms with E-state index in [0.717, 1.165) is 56.0 Å². The summed E-state index contributed by atoms with van der Waals surface area (Å²) in [5.41, 5.74) is 3.34. The maximum atomic E-state index is 12.9. The quantitative estimate of drug-likeness (QED) is 0.781. The number of rotatable bonds is 7. The number of ether oxygens (including phenoxy) is 2. The van der Waals surface area contributed by atoms with Crippen molar-refractivity contribution in [1.29, 1.82) is 0 Å². The number of morpholine rings is 1. The molecule has 0 bridgehead atoms. The van der Waals surface area contributed by atoms with E-state index in [1.807, 2.05) is 29.2 Å². The third-order valence-corrected chi connectivity index (χ3v) is 5.54. The molecule has 2 fully saturated rings. The SMILES string of the molecule is COc1ccccc1CN(C(=O)NCc1ccc(N2CCOCC2)cc1)C1CC1. The average Bonchev–Trinajstić information content (AvgIpc) is 3.62. The van der Waals surface area contributed by atoms with Gasteiger partial charge in [0.15, 0.2) is 0 Å². The Morgan fingerprint density at radius 2 is 1.86 bits per heavy atom. The highest BCUT2D eigenvalue weighted by atomic mass is 16.5. The summed E-state index contributed by atoms with van der Waals surface area (Å²) < 4.78 is 10.9. The normalized spacial score (nSPS) is 16.4. The number of methoxy groups -OCH3 is 1. The van der Waals surface area contributed by atoms with E-state index in [2.05, 4.69) is 34.5 Å². The molecule has 1 aliphatic carbocycles. The number of para-hydroxylation sites is 1. The molecule has 1 aliphatic heterocycles. The van der Waals surface area contributed by atoms with Crippen molar-refractivity contribution in [2.75, 3.05) is 38.3 Å². The van der Waals surface area contributed by atoms with Gasteiger partial charge in [0.2, 0.25) is 0 Å². The minimum atomic E-state index is -0.0179. The van der Waals surface area contributed by atoms with E-state index < -0.39 is 0 Å². The highest BCUT2D eigenvalue weighted by Gasteiger charge is 2.33. The minimum Gasteiger partial charge on any atom is -0.496 e. The number of benzene rings is 2. The van der Waals surface area contributed by atoms with Crippen LogP contribution < -0.4 is 15.0 Å². The summed E-state index contributed by atoms with van der Waals surface area (Å²) in [5, 5.41) is 3.09. The standard InChI is InChI=1S/C23H29N3O3/c1-28-22-5-3-2-4-19(22)17-26(21-10-11-21)23(27)24-16-18-6-8-20(9-7-18)25-12-14-29-15-13-25/h2-9,21H,10-17H2,1H3,(H,24,27). The van der Waals surface area contributed by atoms with Gasteiger partial charge in [0.25, 0.3) is 0 Å². The lowest BCUT2D eigenvalue weighted by molar-refractivity contribution is 0.122. The number of nitrogens with one attached hydrogen (secondary N) is 1. The predicted molar refractivity (Wildman–Crippen MR) is 113 cm³/mol. The Morgan fingerprint density at radius 3 is 2.55 bits per heavy atom. The zero-order valence-corrected chi connectivity index (χ0v) is 17.0. The van der Waals surface area contributed by atoms with E-state index in [-0.39, 0.29) is 6.03 Å². The molecular formula is C23H29N3O3. The zero-order chi connectivity index (χ0) is 20.1. The van der Waals surface area contributed by atoms with Crippen LogP contribution in [0.5, 0.6) is 5.75 Å². The molecule has 1 saturated heterocycles. The molecule has 0 spiro atoms. The molecule has 29 heavy (non-hydrogen) atoms. The smallest absolute Gasteiger partial charge is 0.318 e. The number of anilines is 1. The molecule has 0 atom stereocenters. The molecule has 2 aromatic rings. The third-order valence-electron chi connectivity index (χ3n) is 5.54. The number of urea groups is 1. The van der Waals surface area contributed by atoms with Gasteiger partial charge in [0.1, 0.15) is 5.75 Å². The van der Waals surface area contributed by atoms with Crippen LogP contribution in [-0.4, -0.2) is 50.4 Å². The fourth-order valence-corrected chi connectivity index (χ4v) is 3.70. The molecule has 0 unspecified atom stereocenters. The average molecular weight is 396 g/mol. The first-order valence-electron chi connectivity index (χ1n) is 10.3. The first-order valence-corrected chi connectivity index (χ1v) is 10.3. The number of carbonyl (C=O) groups excluding carboxylic acids is 1. The summed E-state index contributed by atoms with van der Waals surface area (Å²) in [5.74, 6) is 0.824. The Kier molecular flexibility index (Phi) is 6.20. The Morgan fingerprint density at radius 1 is 1.14 bits per heavy atom. The number of amides is 2. The minimum absolute atomic E-state index is 0.0179. The van der Waals surface area contributed by atoms with E-state index >= 15 is 0 Å². The van der Waals surface area contributed by atoms with Gasteiger partial charge in [0.05, 0.1) is 26.9 Å². The summed E-state index contributed by atoms with van der Waals surface area (Å²) in [7, 11) is 1.67. The topological polar surface area (TPSA) is 54.0 Å². The van der Waals surface area contributed by atoms with Crippen LogP contribution in [0.4, 0.5) is 10.5 Å². The monoisotopic (exact) mass is 395 g/mol. The largest absolute Gasteiger partial charge is 0.496 e. The van der Waals surface area contributed by atoms with E-state index in [9.17, 15) is 4.79 Å². The van der Waals surface area contributed by atoms with Crippen molar-refractivity contribution in [3.8, 4) is 5.75 Å². The molecule has 0 aromatic heterocycles. The van der Waals surface area contributed by atoms with Crippen molar-refractivity contribution in [3.63, 3.8) is 0 Å². The van der Waals surface area contributed by atoms with Gasteiger partial charge in [-0.1, -0.05) is 30.3 Å². The molecule has 6 nitrogen and oxygen atoms in total. The van der Waals surface area contributed by atoms with Gasteiger partial charge in [-0.15, -0.1) is 0 Å². The van der Waals surface area contributed by atoms with Crippen LogP contribution in [-0.2, 0) is 17.8 Å². The predicted octanol–water partition coefficient (Wildman–Crippen LogP) is 3.41. The lowest BCUT2D eigenvalue weighted by Crippen LogP contribution is -2.40. The van der Waals surface area contributed by atoms with Crippen LogP contribution >= 0.6 is 0 Å². The molecule has 1 N–H and O–H groups in total. The second-order valence-electron chi connectivity index (χ2n) is 7.60. The molecule has 1 heterocycles. The maximum absolute atomic E-state index is 12.9. The van der Waals surface area contributed by atoms with E-state index in [1.54, 1.807) is 7.11 Å². The Hall–Kier alpha value is -2.73. The molecule has 2 amide bonds. The fourth-order valence-electron chi connectivity index (χ4n) is 3.70. The van der Waals surface area contributed by atoms with Gasteiger partial charge in [-0.25, -0.2) is 4.79 Å². The van der Waals surface area contributed by atoms with Crippen molar-refractivity contribution < 1.29 is 14.3 Å². The number of carbonyl (C=O) groups is 1. The van der Waals surface area contributed by atoms with Gasteiger partial charge >= 0.3 is 6.03 Å². The lowest BCUT2D eigenvalue weighted by atomic mass is 10.2. The summed E-state index contributed by atoms with van der Waals surface area (Å²) in [6.07, 6.45) is 2.13. The Labute approximate surface area is 172 Å². The Balaban J connectivity index is 1.35. The first-order chi connectivity index (χ1) is 14.2. The first kappa shape index (κ1) is 19.6. The molecular weight excluding hydrogens is 366 g/mol. The molecule has 4 rings (SSSR count). The molecule has 0 radical (unpaired) electrons.